The minimum atomic E-state index is -0.287. The fourth-order valence-corrected chi connectivity index (χ4v) is 4.01. The van der Waals surface area contributed by atoms with E-state index in [0.29, 0.717) is 18.2 Å². The zero-order valence-corrected chi connectivity index (χ0v) is 12.7. The van der Waals surface area contributed by atoms with E-state index < -0.39 is 0 Å². The van der Waals surface area contributed by atoms with Gasteiger partial charge in [0.15, 0.2) is 0 Å². The van der Waals surface area contributed by atoms with Crippen LogP contribution in [0.2, 0.25) is 0 Å². The van der Waals surface area contributed by atoms with Gasteiger partial charge in [0.1, 0.15) is 5.54 Å². The van der Waals surface area contributed by atoms with Crippen molar-refractivity contribution < 1.29 is 4.74 Å². The summed E-state index contributed by atoms with van der Waals surface area (Å²) in [5.74, 6) is 0.862. The predicted molar refractivity (Wildman–Crippen MR) is 79.3 cm³/mol. The van der Waals surface area contributed by atoms with E-state index in [1.165, 1.54) is 44.9 Å². The normalized spacial score (nSPS) is 41.5. The van der Waals surface area contributed by atoms with Gasteiger partial charge >= 0.3 is 0 Å². The van der Waals surface area contributed by atoms with Gasteiger partial charge in [0.25, 0.3) is 0 Å². The van der Waals surface area contributed by atoms with Gasteiger partial charge in [0.2, 0.25) is 0 Å². The lowest BCUT2D eigenvalue weighted by atomic mass is 9.85. The monoisotopic (exact) mass is 276 g/mol. The van der Waals surface area contributed by atoms with Crippen LogP contribution >= 0.6 is 0 Å². The molecule has 3 fully saturated rings. The first kappa shape index (κ1) is 14.4. The average molecular weight is 276 g/mol. The smallest absolute Gasteiger partial charge is 0.109 e. The van der Waals surface area contributed by atoms with E-state index in [1.54, 1.807) is 0 Å². The number of ether oxygens (including phenoxy) is 1. The number of rotatable bonds is 5. The Morgan fingerprint density at radius 3 is 2.75 bits per heavy atom. The maximum Gasteiger partial charge on any atom is 0.109 e. The molecule has 0 aromatic heterocycles. The van der Waals surface area contributed by atoms with Crippen molar-refractivity contribution in [2.75, 3.05) is 0 Å². The summed E-state index contributed by atoms with van der Waals surface area (Å²) in [4.78, 5) is 0. The van der Waals surface area contributed by atoms with E-state index in [9.17, 15) is 5.26 Å². The molecule has 3 aliphatic rings. The Hall–Kier alpha value is -0.590. The first-order valence-corrected chi connectivity index (χ1v) is 8.57. The Bertz CT molecular complexity index is 374. The summed E-state index contributed by atoms with van der Waals surface area (Å²) in [6.45, 7) is 2.29. The second-order valence-corrected chi connectivity index (χ2v) is 7.18. The van der Waals surface area contributed by atoms with Gasteiger partial charge in [-0.2, -0.15) is 5.26 Å². The third-order valence-corrected chi connectivity index (χ3v) is 5.44. The van der Waals surface area contributed by atoms with Gasteiger partial charge in [-0.15, -0.1) is 0 Å². The average Bonchev–Trinajstić information content (AvgIpc) is 3.19. The number of nitriles is 1. The highest BCUT2D eigenvalue weighted by Gasteiger charge is 2.44. The quantitative estimate of drug-likeness (QED) is 0.835. The van der Waals surface area contributed by atoms with E-state index in [0.717, 1.165) is 25.2 Å². The second kappa shape index (κ2) is 6.03. The summed E-state index contributed by atoms with van der Waals surface area (Å²) in [7, 11) is 0. The maximum atomic E-state index is 9.53. The fraction of sp³-hybridized carbons (Fsp3) is 0.941. The molecule has 4 unspecified atom stereocenters. The van der Waals surface area contributed by atoms with E-state index in [2.05, 4.69) is 18.3 Å². The molecule has 1 N–H and O–H groups in total. The molecule has 0 spiro atoms. The lowest BCUT2D eigenvalue weighted by Crippen LogP contribution is -2.43. The molecule has 3 saturated carbocycles. The van der Waals surface area contributed by atoms with Gasteiger partial charge in [0, 0.05) is 12.5 Å². The van der Waals surface area contributed by atoms with Crippen molar-refractivity contribution in [3.8, 4) is 6.07 Å². The van der Waals surface area contributed by atoms with Gasteiger partial charge < -0.3 is 4.74 Å². The summed E-state index contributed by atoms with van der Waals surface area (Å²) in [5.41, 5.74) is -0.287. The molecule has 0 radical (unpaired) electrons. The zero-order valence-electron chi connectivity index (χ0n) is 12.7. The van der Waals surface area contributed by atoms with Crippen LogP contribution in [0.3, 0.4) is 0 Å². The lowest BCUT2D eigenvalue weighted by Gasteiger charge is -2.31. The molecular weight excluding hydrogens is 248 g/mol. The molecule has 4 atom stereocenters. The molecule has 0 saturated heterocycles. The van der Waals surface area contributed by atoms with Crippen LogP contribution < -0.4 is 5.32 Å². The van der Waals surface area contributed by atoms with Crippen molar-refractivity contribution in [1.82, 2.24) is 5.32 Å². The van der Waals surface area contributed by atoms with E-state index in [1.807, 2.05) is 0 Å². The highest BCUT2D eigenvalue weighted by Crippen LogP contribution is 2.37. The summed E-state index contributed by atoms with van der Waals surface area (Å²) >= 11 is 0. The standard InChI is InChI=1S/C17H28N2O/c1-2-13-4-3-5-15(10-13)20-16-8-9-17(11-16,12-18)19-14-6-7-14/h13-16,19H,2-11H2,1H3. The maximum absolute atomic E-state index is 9.53. The summed E-state index contributed by atoms with van der Waals surface area (Å²) < 4.78 is 6.35. The van der Waals surface area contributed by atoms with Crippen molar-refractivity contribution in [3.05, 3.63) is 0 Å². The van der Waals surface area contributed by atoms with Crippen LogP contribution in [0.1, 0.15) is 71.1 Å². The molecule has 3 heteroatoms. The van der Waals surface area contributed by atoms with Crippen molar-refractivity contribution >= 4 is 0 Å². The first-order chi connectivity index (χ1) is 9.73. The van der Waals surface area contributed by atoms with Crippen LogP contribution in [0.15, 0.2) is 0 Å². The zero-order chi connectivity index (χ0) is 14.0. The van der Waals surface area contributed by atoms with Crippen molar-refractivity contribution in [2.45, 2.75) is 94.9 Å². The predicted octanol–water partition coefficient (Wildman–Crippen LogP) is 3.54. The summed E-state index contributed by atoms with van der Waals surface area (Å²) in [6.07, 6.45) is 12.6. The Labute approximate surface area is 123 Å². The van der Waals surface area contributed by atoms with Gasteiger partial charge in [0.05, 0.1) is 18.3 Å². The van der Waals surface area contributed by atoms with Crippen LogP contribution in [0.4, 0.5) is 0 Å². The summed E-state index contributed by atoms with van der Waals surface area (Å²) in [6, 6.07) is 3.15. The molecule has 3 aliphatic carbocycles. The topological polar surface area (TPSA) is 45.0 Å². The molecule has 0 heterocycles. The molecule has 0 aromatic rings. The SMILES string of the molecule is CCC1CCCC(OC2CCC(C#N)(NC3CC3)C2)C1. The van der Waals surface area contributed by atoms with Crippen LogP contribution in [-0.2, 0) is 4.74 Å². The van der Waals surface area contributed by atoms with Gasteiger partial charge in [-0.3, -0.25) is 5.32 Å². The number of hydrogen-bond acceptors (Lipinski definition) is 3. The molecule has 3 nitrogen and oxygen atoms in total. The number of nitrogens with one attached hydrogen (secondary N) is 1. The second-order valence-electron chi connectivity index (χ2n) is 7.18. The van der Waals surface area contributed by atoms with Crippen LogP contribution in [-0.4, -0.2) is 23.8 Å². The van der Waals surface area contributed by atoms with E-state index >= 15 is 0 Å². The molecular formula is C17H28N2O. The third-order valence-electron chi connectivity index (χ3n) is 5.44. The van der Waals surface area contributed by atoms with Crippen molar-refractivity contribution in [2.24, 2.45) is 5.92 Å². The molecule has 0 aliphatic heterocycles. The van der Waals surface area contributed by atoms with E-state index in [4.69, 9.17) is 4.74 Å². The van der Waals surface area contributed by atoms with Gasteiger partial charge in [-0.25, -0.2) is 0 Å². The van der Waals surface area contributed by atoms with E-state index in [-0.39, 0.29) is 5.54 Å². The molecule has 20 heavy (non-hydrogen) atoms. The highest BCUT2D eigenvalue weighted by atomic mass is 16.5. The molecule has 0 aromatic carbocycles. The van der Waals surface area contributed by atoms with Gasteiger partial charge in [-0.1, -0.05) is 26.2 Å². The third kappa shape index (κ3) is 3.35. The molecule has 112 valence electrons. The Morgan fingerprint density at radius 1 is 1.20 bits per heavy atom. The Morgan fingerprint density at radius 2 is 2.05 bits per heavy atom. The van der Waals surface area contributed by atoms with Crippen molar-refractivity contribution in [3.63, 3.8) is 0 Å². The van der Waals surface area contributed by atoms with Crippen molar-refractivity contribution in [1.29, 1.82) is 5.26 Å². The van der Waals surface area contributed by atoms with Crippen LogP contribution in [0, 0.1) is 17.2 Å². The Kier molecular flexibility index (Phi) is 4.33. The lowest BCUT2D eigenvalue weighted by molar-refractivity contribution is -0.0390. The molecule has 3 rings (SSSR count). The Balaban J connectivity index is 1.50. The molecule has 0 amide bonds. The molecule has 0 bridgehead atoms. The minimum absolute atomic E-state index is 0.287. The highest BCUT2D eigenvalue weighted by molar-refractivity contribution is 5.14. The van der Waals surface area contributed by atoms with Crippen LogP contribution in [0.25, 0.3) is 0 Å². The largest absolute Gasteiger partial charge is 0.375 e. The summed E-state index contributed by atoms with van der Waals surface area (Å²) in [5, 5.41) is 13.1. The van der Waals surface area contributed by atoms with Crippen LogP contribution in [0.5, 0.6) is 0 Å². The van der Waals surface area contributed by atoms with Gasteiger partial charge in [-0.05, 0) is 44.4 Å². The first-order valence-electron chi connectivity index (χ1n) is 8.57. The fourth-order valence-electron chi connectivity index (χ4n) is 4.01. The number of hydrogen-bond donors (Lipinski definition) is 1. The minimum Gasteiger partial charge on any atom is -0.375 e. The number of nitrogens with zero attached hydrogens (tertiary/aromatic N) is 1.